The first-order valence-electron chi connectivity index (χ1n) is 3.45. The second-order valence-corrected chi connectivity index (χ2v) is 4.02. The third-order valence-corrected chi connectivity index (χ3v) is 2.98. The first-order valence-corrected chi connectivity index (χ1v) is 4.48. The molecule has 0 bridgehead atoms. The summed E-state index contributed by atoms with van der Waals surface area (Å²) in [4.78, 5) is 0. The maximum atomic E-state index is 5.56. The van der Waals surface area contributed by atoms with Gasteiger partial charge >= 0.3 is 0 Å². The maximum Gasteiger partial charge on any atom is 0.0383 e. The fourth-order valence-electron chi connectivity index (χ4n) is 1.10. The van der Waals surface area contributed by atoms with Crippen molar-refractivity contribution in [2.24, 2.45) is 5.73 Å². The zero-order chi connectivity index (χ0) is 7.56. The van der Waals surface area contributed by atoms with Crippen molar-refractivity contribution in [2.75, 3.05) is 26.2 Å². The molecule has 1 heterocycles. The van der Waals surface area contributed by atoms with Crippen LogP contribution in [-0.2, 0) is 0 Å². The van der Waals surface area contributed by atoms with Crippen molar-refractivity contribution in [3.8, 4) is 0 Å². The quantitative estimate of drug-likeness (QED) is 0.551. The standard InChI is InChI=1S/C5H15N3P2/c6-3-5-4-7(9)1-2-8(5)10/h5H,1-4,6,9-10H2. The maximum absolute atomic E-state index is 5.56. The van der Waals surface area contributed by atoms with Gasteiger partial charge in [-0.3, -0.25) is 9.34 Å². The molecule has 1 rings (SSSR count). The summed E-state index contributed by atoms with van der Waals surface area (Å²) in [5, 5.41) is 0. The predicted molar refractivity (Wildman–Crippen MR) is 50.5 cm³/mol. The molecule has 0 radical (unpaired) electrons. The van der Waals surface area contributed by atoms with Crippen molar-refractivity contribution < 1.29 is 0 Å². The topological polar surface area (TPSA) is 32.5 Å². The molecule has 1 saturated heterocycles. The monoisotopic (exact) mass is 179 g/mol. The van der Waals surface area contributed by atoms with Gasteiger partial charge in [0.1, 0.15) is 0 Å². The van der Waals surface area contributed by atoms with Crippen LogP contribution in [0.5, 0.6) is 0 Å². The van der Waals surface area contributed by atoms with Gasteiger partial charge < -0.3 is 5.73 Å². The van der Waals surface area contributed by atoms with Gasteiger partial charge in [-0.05, 0) is 0 Å². The van der Waals surface area contributed by atoms with Crippen LogP contribution in [0.2, 0.25) is 0 Å². The minimum absolute atomic E-state index is 0.510. The molecule has 3 atom stereocenters. The van der Waals surface area contributed by atoms with Gasteiger partial charge in [-0.15, -0.1) is 0 Å². The average molecular weight is 179 g/mol. The van der Waals surface area contributed by atoms with E-state index >= 15 is 0 Å². The molecule has 0 aromatic rings. The van der Waals surface area contributed by atoms with E-state index < -0.39 is 0 Å². The van der Waals surface area contributed by atoms with Crippen LogP contribution < -0.4 is 5.73 Å². The molecule has 0 amide bonds. The van der Waals surface area contributed by atoms with E-state index in [0.29, 0.717) is 6.04 Å². The summed E-state index contributed by atoms with van der Waals surface area (Å²) < 4.78 is 4.47. The van der Waals surface area contributed by atoms with Gasteiger partial charge in [0, 0.05) is 32.2 Å². The fraction of sp³-hybridized carbons (Fsp3) is 1.00. The molecule has 0 spiro atoms. The van der Waals surface area contributed by atoms with Gasteiger partial charge in [0.15, 0.2) is 0 Å². The normalized spacial score (nSPS) is 30.9. The van der Waals surface area contributed by atoms with E-state index in [-0.39, 0.29) is 0 Å². The van der Waals surface area contributed by atoms with Crippen molar-refractivity contribution in [3.05, 3.63) is 0 Å². The zero-order valence-corrected chi connectivity index (χ0v) is 8.34. The van der Waals surface area contributed by atoms with Gasteiger partial charge in [0.05, 0.1) is 0 Å². The van der Waals surface area contributed by atoms with Crippen molar-refractivity contribution in [3.63, 3.8) is 0 Å². The van der Waals surface area contributed by atoms with Gasteiger partial charge in [0.25, 0.3) is 0 Å². The van der Waals surface area contributed by atoms with Crippen LogP contribution >= 0.6 is 18.8 Å². The summed E-state index contributed by atoms with van der Waals surface area (Å²) in [5.41, 5.74) is 5.56. The van der Waals surface area contributed by atoms with Crippen LogP contribution in [0.4, 0.5) is 0 Å². The second kappa shape index (κ2) is 3.94. The van der Waals surface area contributed by atoms with Crippen LogP contribution in [0, 0.1) is 0 Å². The van der Waals surface area contributed by atoms with E-state index in [1.54, 1.807) is 0 Å². The number of hydrogen-bond acceptors (Lipinski definition) is 3. The van der Waals surface area contributed by atoms with E-state index in [2.05, 4.69) is 28.1 Å². The summed E-state index contributed by atoms with van der Waals surface area (Å²) in [6.45, 7) is 4.01. The minimum atomic E-state index is 0.510. The summed E-state index contributed by atoms with van der Waals surface area (Å²) in [6.07, 6.45) is 0. The summed E-state index contributed by atoms with van der Waals surface area (Å²) in [5.74, 6) is 0. The number of rotatable bonds is 1. The molecule has 0 aromatic heterocycles. The van der Waals surface area contributed by atoms with Crippen LogP contribution in [0.1, 0.15) is 0 Å². The highest BCUT2D eigenvalue weighted by Gasteiger charge is 2.20. The molecule has 0 aliphatic carbocycles. The van der Waals surface area contributed by atoms with Crippen molar-refractivity contribution in [2.45, 2.75) is 6.04 Å². The van der Waals surface area contributed by atoms with Crippen LogP contribution in [0.3, 0.4) is 0 Å². The van der Waals surface area contributed by atoms with Gasteiger partial charge in [-0.1, -0.05) is 18.8 Å². The number of hydrogen-bond donors (Lipinski definition) is 1. The third-order valence-electron chi connectivity index (χ3n) is 1.83. The molecule has 10 heavy (non-hydrogen) atoms. The lowest BCUT2D eigenvalue weighted by Gasteiger charge is -2.36. The average Bonchev–Trinajstić information content (AvgIpc) is 1.94. The molecular formula is C5H15N3P2. The summed E-state index contributed by atoms with van der Waals surface area (Å²) >= 11 is 0. The van der Waals surface area contributed by atoms with Crippen molar-refractivity contribution in [1.82, 2.24) is 9.34 Å². The molecule has 0 saturated carbocycles. The van der Waals surface area contributed by atoms with Crippen molar-refractivity contribution >= 4 is 18.8 Å². The number of nitrogens with zero attached hydrogens (tertiary/aromatic N) is 2. The lowest BCUT2D eigenvalue weighted by molar-refractivity contribution is 0.229. The Morgan fingerprint density at radius 2 is 2.10 bits per heavy atom. The van der Waals surface area contributed by atoms with E-state index in [0.717, 1.165) is 26.2 Å². The number of piperazine rings is 1. The SMILES string of the molecule is NCC1CN(P)CCN1P. The van der Waals surface area contributed by atoms with Gasteiger partial charge in [-0.25, -0.2) is 0 Å². The van der Waals surface area contributed by atoms with Crippen LogP contribution in [0.25, 0.3) is 0 Å². The fourth-order valence-corrected chi connectivity index (χ4v) is 1.79. The molecule has 1 aliphatic heterocycles. The molecule has 60 valence electrons. The first kappa shape index (κ1) is 8.83. The van der Waals surface area contributed by atoms with Crippen LogP contribution in [0.15, 0.2) is 0 Å². The zero-order valence-electron chi connectivity index (χ0n) is 6.03. The molecular weight excluding hydrogens is 164 g/mol. The molecule has 5 heteroatoms. The van der Waals surface area contributed by atoms with E-state index in [1.165, 1.54) is 0 Å². The van der Waals surface area contributed by atoms with E-state index in [1.807, 2.05) is 0 Å². The lowest BCUT2D eigenvalue weighted by Crippen LogP contribution is -2.48. The Bertz CT molecular complexity index is 111. The van der Waals surface area contributed by atoms with E-state index in [9.17, 15) is 0 Å². The Labute approximate surface area is 66.8 Å². The highest BCUT2D eigenvalue weighted by atomic mass is 31.0. The summed E-state index contributed by atoms with van der Waals surface area (Å²) in [7, 11) is 5.44. The smallest absolute Gasteiger partial charge is 0.0383 e. The Kier molecular flexibility index (Phi) is 3.48. The molecule has 1 aliphatic rings. The largest absolute Gasteiger partial charge is 0.329 e. The van der Waals surface area contributed by atoms with Gasteiger partial charge in [-0.2, -0.15) is 0 Å². The molecule has 0 aromatic carbocycles. The Hall–Kier alpha value is 0.740. The summed E-state index contributed by atoms with van der Waals surface area (Å²) in [6, 6.07) is 0.510. The van der Waals surface area contributed by atoms with E-state index in [4.69, 9.17) is 5.73 Å². The Morgan fingerprint density at radius 1 is 1.40 bits per heavy atom. The van der Waals surface area contributed by atoms with Crippen molar-refractivity contribution in [1.29, 1.82) is 0 Å². The molecule has 1 fully saturated rings. The lowest BCUT2D eigenvalue weighted by atomic mass is 10.2. The number of nitrogens with two attached hydrogens (primary N) is 1. The molecule has 3 unspecified atom stereocenters. The van der Waals surface area contributed by atoms with Crippen LogP contribution in [-0.4, -0.2) is 41.6 Å². The first-order chi connectivity index (χ1) is 4.74. The minimum Gasteiger partial charge on any atom is -0.329 e. The highest BCUT2D eigenvalue weighted by molar-refractivity contribution is 7.14. The highest BCUT2D eigenvalue weighted by Crippen LogP contribution is 2.15. The Morgan fingerprint density at radius 3 is 2.60 bits per heavy atom. The predicted octanol–water partition coefficient (Wildman–Crippen LogP) is -0.489. The third kappa shape index (κ3) is 2.11. The van der Waals surface area contributed by atoms with Gasteiger partial charge in [0.2, 0.25) is 0 Å². The molecule has 2 N–H and O–H groups in total. The molecule has 3 nitrogen and oxygen atoms in total. The second-order valence-electron chi connectivity index (χ2n) is 2.62. The Balaban J connectivity index is 2.38.